The van der Waals surface area contributed by atoms with Crippen molar-refractivity contribution in [2.75, 3.05) is 19.6 Å². The molecule has 2 fully saturated rings. The second-order valence-electron chi connectivity index (χ2n) is 5.52. The smallest absolute Gasteiger partial charge is 0.306 e. The van der Waals surface area contributed by atoms with Crippen molar-refractivity contribution >= 4 is 16.2 Å². The highest BCUT2D eigenvalue weighted by molar-refractivity contribution is 7.87. The molecule has 1 aliphatic heterocycles. The van der Waals surface area contributed by atoms with Crippen LogP contribution in [0.3, 0.4) is 0 Å². The molecule has 1 aliphatic carbocycles. The minimum atomic E-state index is -3.32. The maximum Gasteiger partial charge on any atom is 0.306 e. The summed E-state index contributed by atoms with van der Waals surface area (Å²) in [5, 5.41) is 8.91. The molecule has 19 heavy (non-hydrogen) atoms. The fourth-order valence-corrected chi connectivity index (χ4v) is 4.22. The van der Waals surface area contributed by atoms with Crippen LogP contribution in [-0.4, -0.2) is 43.4 Å². The molecule has 1 heterocycles. The Morgan fingerprint density at radius 3 is 2.26 bits per heavy atom. The van der Waals surface area contributed by atoms with E-state index in [1.54, 1.807) is 0 Å². The highest BCUT2D eigenvalue weighted by Crippen LogP contribution is 2.28. The lowest BCUT2D eigenvalue weighted by molar-refractivity contribution is -0.143. The molecule has 0 aromatic heterocycles. The number of nitrogens with one attached hydrogen (secondary N) is 1. The molecule has 0 spiro atoms. The molecule has 0 amide bonds. The first-order valence-electron chi connectivity index (χ1n) is 6.96. The van der Waals surface area contributed by atoms with Crippen LogP contribution in [-0.2, 0) is 15.0 Å². The van der Waals surface area contributed by atoms with E-state index in [9.17, 15) is 13.2 Å². The lowest BCUT2D eigenvalue weighted by Gasteiger charge is -2.27. The van der Waals surface area contributed by atoms with Crippen molar-refractivity contribution in [1.29, 1.82) is 0 Å². The predicted molar refractivity (Wildman–Crippen MR) is 70.8 cm³/mol. The Kier molecular flexibility index (Phi) is 4.81. The fourth-order valence-electron chi connectivity index (χ4n) is 2.86. The summed E-state index contributed by atoms with van der Waals surface area (Å²) in [5.41, 5.74) is 0. The first-order chi connectivity index (χ1) is 8.99. The lowest BCUT2D eigenvalue weighted by atomic mass is 9.82. The van der Waals surface area contributed by atoms with Crippen LogP contribution in [0.5, 0.6) is 0 Å². The van der Waals surface area contributed by atoms with Crippen LogP contribution in [0.2, 0.25) is 0 Å². The van der Waals surface area contributed by atoms with Gasteiger partial charge in [-0.05, 0) is 44.4 Å². The van der Waals surface area contributed by atoms with Crippen LogP contribution in [0.4, 0.5) is 0 Å². The number of aliphatic carboxylic acids is 1. The second kappa shape index (κ2) is 6.19. The number of carbonyl (C=O) groups is 1. The number of hydrogen-bond acceptors (Lipinski definition) is 3. The van der Waals surface area contributed by atoms with E-state index in [1.165, 1.54) is 4.31 Å². The third-order valence-electron chi connectivity index (χ3n) is 4.16. The minimum Gasteiger partial charge on any atom is -0.481 e. The van der Waals surface area contributed by atoms with E-state index in [0.717, 1.165) is 25.7 Å². The number of carboxylic acid groups (broad SMARTS) is 1. The average molecular weight is 290 g/mol. The summed E-state index contributed by atoms with van der Waals surface area (Å²) in [6.07, 6.45) is 4.77. The molecular formula is C12H22N2O4S. The molecule has 2 N–H and O–H groups in total. The van der Waals surface area contributed by atoms with Gasteiger partial charge in [-0.3, -0.25) is 4.79 Å². The topological polar surface area (TPSA) is 86.7 Å². The Bertz CT molecular complexity index is 409. The van der Waals surface area contributed by atoms with Gasteiger partial charge in [0.15, 0.2) is 0 Å². The SMILES string of the molecule is O=C(O)C1CCC(CNS(=O)(=O)N2CCCC2)CC1. The number of rotatable bonds is 5. The van der Waals surface area contributed by atoms with Gasteiger partial charge in [0.25, 0.3) is 10.2 Å². The van der Waals surface area contributed by atoms with Crippen molar-refractivity contribution in [3.05, 3.63) is 0 Å². The summed E-state index contributed by atoms with van der Waals surface area (Å²) in [5.74, 6) is -0.699. The van der Waals surface area contributed by atoms with Gasteiger partial charge in [-0.1, -0.05) is 0 Å². The Morgan fingerprint density at radius 2 is 1.74 bits per heavy atom. The van der Waals surface area contributed by atoms with Crippen LogP contribution >= 0.6 is 0 Å². The molecule has 2 aliphatic rings. The van der Waals surface area contributed by atoms with Gasteiger partial charge in [0.2, 0.25) is 0 Å². The number of hydrogen-bond donors (Lipinski definition) is 2. The molecule has 1 saturated carbocycles. The molecule has 0 radical (unpaired) electrons. The van der Waals surface area contributed by atoms with E-state index >= 15 is 0 Å². The standard InChI is InChI=1S/C12H22N2O4S/c15-12(16)11-5-3-10(4-6-11)9-13-19(17,18)14-7-1-2-8-14/h10-11,13H,1-9H2,(H,15,16). The van der Waals surface area contributed by atoms with E-state index in [0.29, 0.717) is 32.5 Å². The Labute approximate surface area is 114 Å². The zero-order chi connectivity index (χ0) is 13.9. The van der Waals surface area contributed by atoms with Crippen molar-refractivity contribution in [3.8, 4) is 0 Å². The zero-order valence-corrected chi connectivity index (χ0v) is 11.9. The maximum absolute atomic E-state index is 12.0. The summed E-state index contributed by atoms with van der Waals surface area (Å²) in [6, 6.07) is 0. The van der Waals surface area contributed by atoms with Crippen molar-refractivity contribution < 1.29 is 18.3 Å². The third-order valence-corrected chi connectivity index (χ3v) is 5.73. The molecule has 0 bridgehead atoms. The van der Waals surface area contributed by atoms with E-state index < -0.39 is 16.2 Å². The quantitative estimate of drug-likeness (QED) is 0.784. The van der Waals surface area contributed by atoms with Crippen molar-refractivity contribution in [3.63, 3.8) is 0 Å². The summed E-state index contributed by atoms with van der Waals surface area (Å²) >= 11 is 0. The number of carboxylic acids is 1. The minimum absolute atomic E-state index is 0.244. The van der Waals surface area contributed by atoms with E-state index in [2.05, 4.69) is 4.72 Å². The maximum atomic E-state index is 12.0. The van der Waals surface area contributed by atoms with Gasteiger partial charge in [0.05, 0.1) is 5.92 Å². The van der Waals surface area contributed by atoms with Crippen LogP contribution in [0.1, 0.15) is 38.5 Å². The lowest BCUT2D eigenvalue weighted by Crippen LogP contribution is -2.41. The molecule has 6 nitrogen and oxygen atoms in total. The highest BCUT2D eigenvalue weighted by atomic mass is 32.2. The molecule has 0 unspecified atom stereocenters. The van der Waals surface area contributed by atoms with E-state index in [4.69, 9.17) is 5.11 Å². The average Bonchev–Trinajstić information content (AvgIpc) is 2.91. The molecule has 2 rings (SSSR count). The van der Waals surface area contributed by atoms with Crippen LogP contribution < -0.4 is 4.72 Å². The summed E-state index contributed by atoms with van der Waals surface area (Å²) in [4.78, 5) is 10.8. The number of nitrogens with zero attached hydrogens (tertiary/aromatic N) is 1. The fraction of sp³-hybridized carbons (Fsp3) is 0.917. The van der Waals surface area contributed by atoms with E-state index in [1.807, 2.05) is 0 Å². The van der Waals surface area contributed by atoms with Gasteiger partial charge in [0.1, 0.15) is 0 Å². The third kappa shape index (κ3) is 3.90. The van der Waals surface area contributed by atoms with Gasteiger partial charge in [-0.2, -0.15) is 12.7 Å². The first kappa shape index (κ1) is 14.7. The summed E-state index contributed by atoms with van der Waals surface area (Å²) in [7, 11) is -3.32. The monoisotopic (exact) mass is 290 g/mol. The molecule has 110 valence electrons. The Morgan fingerprint density at radius 1 is 1.16 bits per heavy atom. The van der Waals surface area contributed by atoms with Crippen molar-refractivity contribution in [2.24, 2.45) is 11.8 Å². The van der Waals surface area contributed by atoms with Crippen LogP contribution in [0, 0.1) is 11.8 Å². The molecule has 0 aromatic rings. The van der Waals surface area contributed by atoms with Gasteiger partial charge < -0.3 is 5.11 Å². The summed E-state index contributed by atoms with van der Waals surface area (Å²) < 4.78 is 28.1. The van der Waals surface area contributed by atoms with Crippen molar-refractivity contribution in [2.45, 2.75) is 38.5 Å². The van der Waals surface area contributed by atoms with E-state index in [-0.39, 0.29) is 11.8 Å². The van der Waals surface area contributed by atoms with Crippen molar-refractivity contribution in [1.82, 2.24) is 9.03 Å². The van der Waals surface area contributed by atoms with Crippen LogP contribution in [0.15, 0.2) is 0 Å². The molecule has 7 heteroatoms. The summed E-state index contributed by atoms with van der Waals surface area (Å²) in [6.45, 7) is 1.66. The highest BCUT2D eigenvalue weighted by Gasteiger charge is 2.29. The zero-order valence-electron chi connectivity index (χ0n) is 11.0. The van der Waals surface area contributed by atoms with Gasteiger partial charge in [-0.15, -0.1) is 0 Å². The van der Waals surface area contributed by atoms with Gasteiger partial charge >= 0.3 is 5.97 Å². The van der Waals surface area contributed by atoms with Gasteiger partial charge in [0, 0.05) is 19.6 Å². The second-order valence-corrected chi connectivity index (χ2v) is 7.27. The normalized spacial score (nSPS) is 29.5. The van der Waals surface area contributed by atoms with Gasteiger partial charge in [-0.25, -0.2) is 4.72 Å². The Hall–Kier alpha value is -0.660. The molecular weight excluding hydrogens is 268 g/mol. The molecule has 0 aromatic carbocycles. The molecule has 1 saturated heterocycles. The first-order valence-corrected chi connectivity index (χ1v) is 8.40. The predicted octanol–water partition coefficient (Wildman–Crippen LogP) is 0.808. The van der Waals surface area contributed by atoms with Crippen LogP contribution in [0.25, 0.3) is 0 Å². The molecule has 0 atom stereocenters. The Balaban J connectivity index is 1.76. The largest absolute Gasteiger partial charge is 0.481 e.